The van der Waals surface area contributed by atoms with Gasteiger partial charge in [-0.1, -0.05) is 0 Å². The van der Waals surface area contributed by atoms with E-state index in [1.807, 2.05) is 0 Å². The van der Waals surface area contributed by atoms with Crippen LogP contribution in [-0.4, -0.2) is 75.1 Å². The third kappa shape index (κ3) is 5.76. The van der Waals surface area contributed by atoms with Gasteiger partial charge >= 0.3 is 0 Å². The van der Waals surface area contributed by atoms with Crippen LogP contribution in [0.25, 0.3) is 0 Å². The molecule has 7 heteroatoms. The molecule has 112 valence electrons. The van der Waals surface area contributed by atoms with Gasteiger partial charge in [0.15, 0.2) is 0 Å². The molecular formula is C12H24ClN3O3. The van der Waals surface area contributed by atoms with E-state index in [4.69, 9.17) is 4.74 Å². The van der Waals surface area contributed by atoms with Crippen molar-refractivity contribution >= 4 is 24.2 Å². The molecule has 0 saturated carbocycles. The summed E-state index contributed by atoms with van der Waals surface area (Å²) in [6.07, 6.45) is 1.86. The highest BCUT2D eigenvalue weighted by Gasteiger charge is 2.28. The second-order valence-electron chi connectivity index (χ2n) is 4.69. The van der Waals surface area contributed by atoms with Crippen molar-refractivity contribution < 1.29 is 14.3 Å². The number of hydrogen-bond acceptors (Lipinski definition) is 4. The zero-order valence-electron chi connectivity index (χ0n) is 11.8. The number of nitrogens with one attached hydrogen (secondary N) is 1. The van der Waals surface area contributed by atoms with E-state index in [1.54, 1.807) is 26.1 Å². The van der Waals surface area contributed by atoms with Crippen LogP contribution in [0, 0.1) is 0 Å². The number of rotatable bonds is 6. The highest BCUT2D eigenvalue weighted by atomic mass is 35.5. The lowest BCUT2D eigenvalue weighted by Crippen LogP contribution is -2.48. The van der Waals surface area contributed by atoms with Crippen LogP contribution >= 0.6 is 12.4 Å². The largest absolute Gasteiger partial charge is 0.383 e. The summed E-state index contributed by atoms with van der Waals surface area (Å²) in [7, 11) is 4.97. The van der Waals surface area contributed by atoms with Gasteiger partial charge in [-0.25, -0.2) is 0 Å². The Morgan fingerprint density at radius 1 is 1.37 bits per heavy atom. The van der Waals surface area contributed by atoms with Gasteiger partial charge in [0.05, 0.1) is 19.2 Å². The Morgan fingerprint density at radius 3 is 2.53 bits per heavy atom. The van der Waals surface area contributed by atoms with Crippen LogP contribution in [0.4, 0.5) is 0 Å². The quantitative estimate of drug-likeness (QED) is 0.732. The Hall–Kier alpha value is -0.850. The summed E-state index contributed by atoms with van der Waals surface area (Å²) in [6, 6.07) is -0.142. The van der Waals surface area contributed by atoms with E-state index in [9.17, 15) is 9.59 Å². The number of carbonyl (C=O) groups is 2. The highest BCUT2D eigenvalue weighted by Crippen LogP contribution is 2.08. The summed E-state index contributed by atoms with van der Waals surface area (Å²) in [6.45, 7) is 1.88. The van der Waals surface area contributed by atoms with Crippen molar-refractivity contribution in [2.45, 2.75) is 18.9 Å². The van der Waals surface area contributed by atoms with E-state index in [-0.39, 0.29) is 36.8 Å². The molecule has 0 spiro atoms. The minimum absolute atomic E-state index is 0. The predicted octanol–water partition coefficient (Wildman–Crippen LogP) is -0.277. The second-order valence-corrected chi connectivity index (χ2v) is 4.69. The van der Waals surface area contributed by atoms with Crippen molar-refractivity contribution in [2.24, 2.45) is 0 Å². The molecule has 1 fully saturated rings. The summed E-state index contributed by atoms with van der Waals surface area (Å²) in [5.74, 6) is -0.0720. The third-order valence-corrected chi connectivity index (χ3v) is 3.06. The molecule has 6 nitrogen and oxygen atoms in total. The van der Waals surface area contributed by atoms with Crippen molar-refractivity contribution in [1.82, 2.24) is 15.1 Å². The number of amides is 2. The van der Waals surface area contributed by atoms with Gasteiger partial charge in [-0.3, -0.25) is 9.59 Å². The van der Waals surface area contributed by atoms with E-state index >= 15 is 0 Å². The van der Waals surface area contributed by atoms with Gasteiger partial charge in [-0.15, -0.1) is 12.4 Å². The molecule has 1 unspecified atom stereocenters. The topological polar surface area (TPSA) is 61.9 Å². The molecule has 0 aromatic rings. The molecule has 1 saturated heterocycles. The lowest BCUT2D eigenvalue weighted by molar-refractivity contribution is -0.140. The van der Waals surface area contributed by atoms with Crippen molar-refractivity contribution in [3.8, 4) is 0 Å². The number of carbonyl (C=O) groups excluding carboxylic acids is 2. The highest BCUT2D eigenvalue weighted by molar-refractivity contribution is 5.87. The molecule has 1 N–H and O–H groups in total. The van der Waals surface area contributed by atoms with E-state index in [0.29, 0.717) is 13.2 Å². The third-order valence-electron chi connectivity index (χ3n) is 3.06. The standard InChI is InChI=1S/C12H23N3O3.ClH/c1-14(2)11(16)9-15(7-8-18-3)12(17)10-5-4-6-13-10;/h10,13H,4-9H2,1-3H3;1H. The molecule has 2 amide bonds. The fraction of sp³-hybridized carbons (Fsp3) is 0.833. The van der Waals surface area contributed by atoms with Gasteiger partial charge in [0, 0.05) is 27.7 Å². The Labute approximate surface area is 120 Å². The summed E-state index contributed by atoms with van der Waals surface area (Å²) >= 11 is 0. The summed E-state index contributed by atoms with van der Waals surface area (Å²) < 4.78 is 4.99. The summed E-state index contributed by atoms with van der Waals surface area (Å²) in [4.78, 5) is 27.0. The normalized spacial score (nSPS) is 17.7. The van der Waals surface area contributed by atoms with Gasteiger partial charge in [-0.2, -0.15) is 0 Å². The van der Waals surface area contributed by atoms with Crippen molar-refractivity contribution in [3.63, 3.8) is 0 Å². The molecule has 1 atom stereocenters. The van der Waals surface area contributed by atoms with Gasteiger partial charge < -0.3 is 19.9 Å². The maximum atomic E-state index is 12.2. The molecule has 19 heavy (non-hydrogen) atoms. The minimum Gasteiger partial charge on any atom is -0.383 e. The molecule has 0 aromatic heterocycles. The van der Waals surface area contributed by atoms with E-state index in [0.717, 1.165) is 19.4 Å². The van der Waals surface area contributed by atoms with Crippen LogP contribution in [0.15, 0.2) is 0 Å². The first-order valence-electron chi connectivity index (χ1n) is 6.27. The molecule has 0 aromatic carbocycles. The van der Waals surface area contributed by atoms with Crippen LogP contribution in [0.5, 0.6) is 0 Å². The van der Waals surface area contributed by atoms with E-state index in [2.05, 4.69) is 5.32 Å². The van der Waals surface area contributed by atoms with E-state index < -0.39 is 0 Å². The Kier molecular flexibility index (Phi) is 8.71. The Morgan fingerprint density at radius 2 is 2.05 bits per heavy atom. The zero-order chi connectivity index (χ0) is 13.5. The number of methoxy groups -OCH3 is 1. The zero-order valence-corrected chi connectivity index (χ0v) is 12.7. The summed E-state index contributed by atoms with van der Waals surface area (Å²) in [5, 5.41) is 3.16. The summed E-state index contributed by atoms with van der Waals surface area (Å²) in [5.41, 5.74) is 0. The first-order chi connectivity index (χ1) is 8.56. The van der Waals surface area contributed by atoms with Crippen LogP contribution in [0.3, 0.4) is 0 Å². The average Bonchev–Trinajstić information content (AvgIpc) is 2.86. The lowest BCUT2D eigenvalue weighted by atomic mass is 10.2. The lowest BCUT2D eigenvalue weighted by Gasteiger charge is -2.26. The Balaban J connectivity index is 0.00000324. The van der Waals surface area contributed by atoms with Crippen LogP contribution in [-0.2, 0) is 14.3 Å². The molecular weight excluding hydrogens is 270 g/mol. The number of nitrogens with zero attached hydrogens (tertiary/aromatic N) is 2. The first kappa shape index (κ1) is 18.1. The minimum atomic E-state index is -0.142. The SMILES string of the molecule is COCCN(CC(=O)N(C)C)C(=O)C1CCCN1.Cl. The fourth-order valence-corrected chi connectivity index (χ4v) is 1.89. The molecule has 0 aliphatic carbocycles. The monoisotopic (exact) mass is 293 g/mol. The predicted molar refractivity (Wildman–Crippen MR) is 75.4 cm³/mol. The molecule has 0 bridgehead atoms. The molecule has 1 aliphatic heterocycles. The molecule has 1 rings (SSSR count). The van der Waals surface area contributed by atoms with E-state index in [1.165, 1.54) is 4.90 Å². The van der Waals surface area contributed by atoms with Crippen LogP contribution < -0.4 is 5.32 Å². The number of halogens is 1. The Bertz CT molecular complexity index is 294. The number of ether oxygens (including phenoxy) is 1. The van der Waals surface area contributed by atoms with Crippen molar-refractivity contribution in [2.75, 3.05) is 47.4 Å². The van der Waals surface area contributed by atoms with Crippen LogP contribution in [0.1, 0.15) is 12.8 Å². The van der Waals surface area contributed by atoms with Gasteiger partial charge in [0.1, 0.15) is 0 Å². The molecule has 0 radical (unpaired) electrons. The maximum absolute atomic E-state index is 12.2. The smallest absolute Gasteiger partial charge is 0.241 e. The van der Waals surface area contributed by atoms with Gasteiger partial charge in [0.25, 0.3) is 0 Å². The maximum Gasteiger partial charge on any atom is 0.241 e. The molecule has 1 aliphatic rings. The van der Waals surface area contributed by atoms with Gasteiger partial charge in [0.2, 0.25) is 11.8 Å². The van der Waals surface area contributed by atoms with Crippen molar-refractivity contribution in [3.05, 3.63) is 0 Å². The van der Waals surface area contributed by atoms with Crippen molar-refractivity contribution in [1.29, 1.82) is 0 Å². The average molecular weight is 294 g/mol. The van der Waals surface area contributed by atoms with Gasteiger partial charge in [-0.05, 0) is 19.4 Å². The molecule has 1 heterocycles. The van der Waals surface area contributed by atoms with Crippen LogP contribution in [0.2, 0.25) is 0 Å². The fourth-order valence-electron chi connectivity index (χ4n) is 1.89. The second kappa shape index (κ2) is 9.12. The number of hydrogen-bond donors (Lipinski definition) is 1. The first-order valence-corrected chi connectivity index (χ1v) is 6.27. The number of likely N-dealkylation sites (N-methyl/N-ethyl adjacent to an activating group) is 1.